The Morgan fingerprint density at radius 3 is 2.83 bits per heavy atom. The Bertz CT molecular complexity index is 606. The Morgan fingerprint density at radius 2 is 2.22 bits per heavy atom. The number of hydrogen-bond acceptors (Lipinski definition) is 5. The van der Waals surface area contributed by atoms with Gasteiger partial charge in [-0.05, 0) is 29.8 Å². The van der Waals surface area contributed by atoms with Gasteiger partial charge in [0, 0.05) is 18.6 Å². The summed E-state index contributed by atoms with van der Waals surface area (Å²) in [5.41, 5.74) is 0.137. The third-order valence-corrected chi connectivity index (χ3v) is 4.36. The van der Waals surface area contributed by atoms with Crippen molar-refractivity contribution in [1.82, 2.24) is 14.8 Å². The van der Waals surface area contributed by atoms with Crippen LogP contribution in [0.5, 0.6) is 0 Å². The van der Waals surface area contributed by atoms with Gasteiger partial charge in [0.15, 0.2) is 0 Å². The van der Waals surface area contributed by atoms with Gasteiger partial charge in [-0.3, -0.25) is 4.79 Å². The van der Waals surface area contributed by atoms with Gasteiger partial charge >= 0.3 is 0 Å². The van der Waals surface area contributed by atoms with Gasteiger partial charge in [0.05, 0.1) is 17.4 Å². The number of aromatic nitrogens is 3. The molecule has 2 aromatic heterocycles. The minimum absolute atomic E-state index is 0.171. The van der Waals surface area contributed by atoms with E-state index in [1.165, 1.54) is 4.68 Å². The van der Waals surface area contributed by atoms with Crippen LogP contribution in [0, 0.1) is 0 Å². The quantitative estimate of drug-likeness (QED) is 0.939. The van der Waals surface area contributed by atoms with E-state index in [9.17, 15) is 4.79 Å². The molecule has 0 aromatic carbocycles. The molecule has 0 fully saturated rings. The summed E-state index contributed by atoms with van der Waals surface area (Å²) in [6.45, 7) is 4.02. The molecule has 0 bridgehead atoms. The molecule has 0 spiro atoms. The second kappa shape index (κ2) is 4.81. The lowest BCUT2D eigenvalue weighted by molar-refractivity contribution is 0.599. The predicted octanol–water partition coefficient (Wildman–Crippen LogP) is 2.35. The molecule has 2 heterocycles. The molecule has 5 nitrogen and oxygen atoms in total. The lowest BCUT2D eigenvalue weighted by Gasteiger charge is -2.25. The molecule has 0 aliphatic carbocycles. The SMILES string of the molecule is Cn1ncc(NC(C)(C)c2nccs2)c(Br)c1=O. The third kappa shape index (κ3) is 2.46. The van der Waals surface area contributed by atoms with Gasteiger partial charge in [-0.15, -0.1) is 11.3 Å². The Morgan fingerprint density at radius 1 is 1.50 bits per heavy atom. The zero-order chi connectivity index (χ0) is 13.3. The first-order chi connectivity index (χ1) is 8.42. The van der Waals surface area contributed by atoms with E-state index in [0.717, 1.165) is 5.01 Å². The van der Waals surface area contributed by atoms with Gasteiger partial charge in [0.1, 0.15) is 9.48 Å². The summed E-state index contributed by atoms with van der Waals surface area (Å²) in [6.07, 6.45) is 3.39. The van der Waals surface area contributed by atoms with Gasteiger partial charge in [-0.1, -0.05) is 0 Å². The molecule has 0 unspecified atom stereocenters. The molecular formula is C11H13BrN4OS. The lowest BCUT2D eigenvalue weighted by Crippen LogP contribution is -2.30. The highest BCUT2D eigenvalue weighted by Gasteiger charge is 2.24. The fourth-order valence-electron chi connectivity index (χ4n) is 1.52. The predicted molar refractivity (Wildman–Crippen MR) is 75.9 cm³/mol. The topological polar surface area (TPSA) is 59.8 Å². The van der Waals surface area contributed by atoms with Crippen molar-refractivity contribution in [2.45, 2.75) is 19.4 Å². The maximum atomic E-state index is 11.8. The molecule has 7 heteroatoms. The number of rotatable bonds is 3. The number of aryl methyl sites for hydroxylation is 1. The average Bonchev–Trinajstić information content (AvgIpc) is 2.84. The highest BCUT2D eigenvalue weighted by atomic mass is 79.9. The van der Waals surface area contributed by atoms with Crippen LogP contribution in [0.2, 0.25) is 0 Å². The second-order valence-corrected chi connectivity index (χ2v) is 6.08. The molecule has 2 rings (SSSR count). The van der Waals surface area contributed by atoms with Crippen molar-refractivity contribution < 1.29 is 0 Å². The van der Waals surface area contributed by atoms with Gasteiger partial charge in [0.2, 0.25) is 0 Å². The number of hydrogen-bond donors (Lipinski definition) is 1. The van der Waals surface area contributed by atoms with Crippen LogP contribution in [0.3, 0.4) is 0 Å². The van der Waals surface area contributed by atoms with Crippen LogP contribution in [-0.4, -0.2) is 14.8 Å². The first-order valence-corrected chi connectivity index (χ1v) is 6.99. The summed E-state index contributed by atoms with van der Waals surface area (Å²) < 4.78 is 1.76. The van der Waals surface area contributed by atoms with E-state index >= 15 is 0 Å². The van der Waals surface area contributed by atoms with E-state index in [2.05, 4.69) is 31.3 Å². The first kappa shape index (κ1) is 13.2. The van der Waals surface area contributed by atoms with Crippen LogP contribution in [0.25, 0.3) is 0 Å². The van der Waals surface area contributed by atoms with Crippen LogP contribution < -0.4 is 10.9 Å². The number of nitrogens with one attached hydrogen (secondary N) is 1. The lowest BCUT2D eigenvalue weighted by atomic mass is 10.1. The van der Waals surface area contributed by atoms with Crippen LogP contribution in [-0.2, 0) is 12.6 Å². The molecule has 0 atom stereocenters. The van der Waals surface area contributed by atoms with Crippen molar-refractivity contribution in [1.29, 1.82) is 0 Å². The van der Waals surface area contributed by atoms with Crippen molar-refractivity contribution in [3.05, 3.63) is 37.6 Å². The molecule has 0 aliphatic rings. The molecular weight excluding hydrogens is 316 g/mol. The third-order valence-electron chi connectivity index (χ3n) is 2.49. The number of nitrogens with zero attached hydrogens (tertiary/aromatic N) is 3. The van der Waals surface area contributed by atoms with Gasteiger partial charge in [-0.2, -0.15) is 5.10 Å². The Hall–Kier alpha value is -1.21. The Labute approximate surface area is 117 Å². The van der Waals surface area contributed by atoms with Crippen molar-refractivity contribution in [3.63, 3.8) is 0 Å². The largest absolute Gasteiger partial charge is 0.371 e. The van der Waals surface area contributed by atoms with E-state index in [0.29, 0.717) is 10.2 Å². The van der Waals surface area contributed by atoms with Gasteiger partial charge < -0.3 is 5.32 Å². The summed E-state index contributed by atoms with van der Waals surface area (Å²) in [5, 5.41) is 10.2. The summed E-state index contributed by atoms with van der Waals surface area (Å²) in [7, 11) is 1.61. The van der Waals surface area contributed by atoms with Crippen molar-refractivity contribution in [2.75, 3.05) is 5.32 Å². The molecule has 0 saturated heterocycles. The maximum absolute atomic E-state index is 11.8. The fraction of sp³-hybridized carbons (Fsp3) is 0.364. The molecule has 2 aromatic rings. The highest BCUT2D eigenvalue weighted by molar-refractivity contribution is 9.10. The Kier molecular flexibility index (Phi) is 3.54. The summed E-state index contributed by atoms with van der Waals surface area (Å²) in [5.74, 6) is 0. The summed E-state index contributed by atoms with van der Waals surface area (Å²) >= 11 is 4.86. The summed E-state index contributed by atoms with van der Waals surface area (Å²) in [4.78, 5) is 16.1. The van der Waals surface area contributed by atoms with Crippen molar-refractivity contribution in [3.8, 4) is 0 Å². The van der Waals surface area contributed by atoms with Crippen molar-refractivity contribution >= 4 is 33.0 Å². The van der Waals surface area contributed by atoms with E-state index in [-0.39, 0.29) is 11.1 Å². The fourth-order valence-corrected chi connectivity index (χ4v) is 2.70. The van der Waals surface area contributed by atoms with Gasteiger partial charge in [-0.25, -0.2) is 9.67 Å². The molecule has 18 heavy (non-hydrogen) atoms. The Balaban J connectivity index is 2.36. The molecule has 0 radical (unpaired) electrons. The molecule has 0 amide bonds. The van der Waals surface area contributed by atoms with E-state index in [1.54, 1.807) is 30.8 Å². The number of halogens is 1. The zero-order valence-corrected chi connectivity index (χ0v) is 12.7. The zero-order valence-electron chi connectivity index (χ0n) is 10.3. The number of anilines is 1. The van der Waals surface area contributed by atoms with Crippen LogP contribution in [0.1, 0.15) is 18.9 Å². The maximum Gasteiger partial charge on any atom is 0.282 e. The smallest absolute Gasteiger partial charge is 0.282 e. The molecule has 1 N–H and O–H groups in total. The molecule has 96 valence electrons. The molecule has 0 saturated carbocycles. The number of thiazole rings is 1. The normalized spacial score (nSPS) is 11.6. The minimum atomic E-state index is -0.356. The van der Waals surface area contributed by atoms with E-state index in [4.69, 9.17) is 0 Å². The van der Waals surface area contributed by atoms with Crippen LogP contribution >= 0.6 is 27.3 Å². The van der Waals surface area contributed by atoms with Crippen LogP contribution in [0.15, 0.2) is 27.0 Å². The van der Waals surface area contributed by atoms with Crippen LogP contribution in [0.4, 0.5) is 5.69 Å². The second-order valence-electron chi connectivity index (χ2n) is 4.39. The summed E-state index contributed by atoms with van der Waals surface area (Å²) in [6, 6.07) is 0. The van der Waals surface area contributed by atoms with E-state index in [1.807, 2.05) is 19.2 Å². The van der Waals surface area contributed by atoms with E-state index < -0.39 is 0 Å². The average molecular weight is 329 g/mol. The molecule has 0 aliphatic heterocycles. The minimum Gasteiger partial charge on any atom is -0.371 e. The van der Waals surface area contributed by atoms with Gasteiger partial charge in [0.25, 0.3) is 5.56 Å². The monoisotopic (exact) mass is 328 g/mol. The highest BCUT2D eigenvalue weighted by Crippen LogP contribution is 2.29. The first-order valence-electron chi connectivity index (χ1n) is 5.32. The standard InChI is InChI=1S/C11H13BrN4OS/c1-11(2,10-13-4-5-18-10)15-7-6-14-16(3)9(17)8(7)12/h4-6,15H,1-3H3. The van der Waals surface area contributed by atoms with Crippen molar-refractivity contribution in [2.24, 2.45) is 7.05 Å².